The summed E-state index contributed by atoms with van der Waals surface area (Å²) < 4.78 is 1.78. The van der Waals surface area contributed by atoms with Gasteiger partial charge in [-0.3, -0.25) is 0 Å². The molecule has 0 aliphatic heterocycles. The molecule has 124 valence electrons. The summed E-state index contributed by atoms with van der Waals surface area (Å²) in [7, 11) is 0. The molecule has 2 amide bonds. The van der Waals surface area contributed by atoms with E-state index in [0.717, 1.165) is 11.3 Å². The van der Waals surface area contributed by atoms with Crippen LogP contribution in [0.1, 0.15) is 25.8 Å². The fourth-order valence-electron chi connectivity index (χ4n) is 2.19. The number of hydrogen-bond acceptors (Lipinski definition) is 3. The lowest BCUT2D eigenvalue weighted by Gasteiger charge is -2.23. The summed E-state index contributed by atoms with van der Waals surface area (Å²) in [5, 5.41) is 18.9. The van der Waals surface area contributed by atoms with Crippen molar-refractivity contribution in [2.45, 2.75) is 26.8 Å². The quantitative estimate of drug-likeness (QED) is 0.732. The first-order chi connectivity index (χ1) is 11.0. The molecule has 6 heteroatoms. The highest BCUT2D eigenvalue weighted by Gasteiger charge is 2.17. The predicted molar refractivity (Wildman–Crippen MR) is 89.3 cm³/mol. The van der Waals surface area contributed by atoms with Crippen LogP contribution in [0.4, 0.5) is 4.79 Å². The summed E-state index contributed by atoms with van der Waals surface area (Å²) in [5.41, 5.74) is 1.84. The Bertz CT molecular complexity index is 623. The lowest BCUT2D eigenvalue weighted by Crippen LogP contribution is -2.40. The van der Waals surface area contributed by atoms with Gasteiger partial charge in [0.25, 0.3) is 0 Å². The molecule has 2 aromatic rings. The number of carbonyl (C=O) groups is 1. The monoisotopic (exact) mass is 316 g/mol. The number of hydrogen-bond donors (Lipinski definition) is 3. The number of rotatable bonds is 7. The maximum Gasteiger partial charge on any atom is 0.315 e. The third kappa shape index (κ3) is 5.41. The zero-order valence-electron chi connectivity index (χ0n) is 13.6. The van der Waals surface area contributed by atoms with E-state index >= 15 is 0 Å². The Morgan fingerprint density at radius 3 is 2.83 bits per heavy atom. The molecule has 6 nitrogen and oxygen atoms in total. The number of aliphatic hydroxyl groups excluding tert-OH is 1. The maximum atomic E-state index is 11.9. The van der Waals surface area contributed by atoms with Crippen molar-refractivity contribution in [3.05, 3.63) is 48.3 Å². The molecule has 2 rings (SSSR count). The van der Waals surface area contributed by atoms with Gasteiger partial charge in [0.05, 0.1) is 5.69 Å². The van der Waals surface area contributed by atoms with E-state index in [4.69, 9.17) is 5.11 Å². The zero-order valence-corrected chi connectivity index (χ0v) is 13.6. The molecule has 0 aliphatic carbocycles. The highest BCUT2D eigenvalue weighted by Crippen LogP contribution is 2.17. The van der Waals surface area contributed by atoms with Gasteiger partial charge in [0.2, 0.25) is 0 Å². The van der Waals surface area contributed by atoms with Gasteiger partial charge in [-0.2, -0.15) is 5.10 Å². The van der Waals surface area contributed by atoms with Crippen molar-refractivity contribution in [2.24, 2.45) is 5.41 Å². The van der Waals surface area contributed by atoms with E-state index in [1.807, 2.05) is 50.4 Å². The van der Waals surface area contributed by atoms with Gasteiger partial charge in [-0.1, -0.05) is 26.0 Å². The fourth-order valence-corrected chi connectivity index (χ4v) is 2.19. The highest BCUT2D eigenvalue weighted by atomic mass is 16.3. The van der Waals surface area contributed by atoms with Gasteiger partial charge in [-0.15, -0.1) is 0 Å². The molecule has 0 atom stereocenters. The number of aliphatic hydroxyl groups is 1. The minimum atomic E-state index is -0.208. The van der Waals surface area contributed by atoms with Crippen molar-refractivity contribution in [3.8, 4) is 5.69 Å². The number of urea groups is 1. The number of aromatic nitrogens is 2. The van der Waals surface area contributed by atoms with Crippen LogP contribution in [0.2, 0.25) is 0 Å². The first kappa shape index (κ1) is 17.0. The third-order valence-electron chi connectivity index (χ3n) is 3.65. The Labute approximate surface area is 136 Å². The largest absolute Gasteiger partial charge is 0.396 e. The molecule has 0 saturated heterocycles. The van der Waals surface area contributed by atoms with Gasteiger partial charge < -0.3 is 15.7 Å². The molecule has 1 heterocycles. The summed E-state index contributed by atoms with van der Waals surface area (Å²) in [4.78, 5) is 11.9. The molecular formula is C17H24N4O2. The molecule has 0 saturated carbocycles. The molecular weight excluding hydrogens is 292 g/mol. The van der Waals surface area contributed by atoms with E-state index in [2.05, 4.69) is 15.7 Å². The van der Waals surface area contributed by atoms with Crippen LogP contribution in [0.25, 0.3) is 5.69 Å². The van der Waals surface area contributed by atoms with Crippen molar-refractivity contribution >= 4 is 6.03 Å². The summed E-state index contributed by atoms with van der Waals surface area (Å²) in [6.45, 7) is 5.11. The number of amides is 2. The van der Waals surface area contributed by atoms with E-state index in [1.165, 1.54) is 0 Å². The van der Waals surface area contributed by atoms with Crippen LogP contribution in [-0.4, -0.2) is 34.1 Å². The predicted octanol–water partition coefficient (Wildman–Crippen LogP) is 2.08. The lowest BCUT2D eigenvalue weighted by atomic mass is 9.90. The SMILES string of the molecule is CC(C)(CCO)CNC(=O)NCc1cccc(-n2cccn2)c1. The second kappa shape index (κ2) is 7.78. The van der Waals surface area contributed by atoms with E-state index in [0.29, 0.717) is 19.5 Å². The summed E-state index contributed by atoms with van der Waals surface area (Å²) in [6, 6.07) is 9.52. The molecule has 0 fully saturated rings. The fraction of sp³-hybridized carbons (Fsp3) is 0.412. The standard InChI is InChI=1S/C17H24N4O2/c1-17(2,7-10-22)13-19-16(23)18-12-14-5-3-6-15(11-14)21-9-4-8-20-21/h3-6,8-9,11,22H,7,10,12-13H2,1-2H3,(H2,18,19,23). The minimum Gasteiger partial charge on any atom is -0.396 e. The number of benzene rings is 1. The van der Waals surface area contributed by atoms with Crippen molar-refractivity contribution in [3.63, 3.8) is 0 Å². The van der Waals surface area contributed by atoms with Crippen LogP contribution in [0.3, 0.4) is 0 Å². The average molecular weight is 316 g/mol. The van der Waals surface area contributed by atoms with Gasteiger partial charge in [-0.05, 0) is 35.6 Å². The zero-order chi connectivity index (χ0) is 16.7. The van der Waals surface area contributed by atoms with Gasteiger partial charge >= 0.3 is 6.03 Å². The molecule has 1 aromatic heterocycles. The Kier molecular flexibility index (Phi) is 5.76. The minimum absolute atomic E-state index is 0.119. The lowest BCUT2D eigenvalue weighted by molar-refractivity contribution is 0.201. The van der Waals surface area contributed by atoms with Crippen LogP contribution < -0.4 is 10.6 Å². The second-order valence-corrected chi connectivity index (χ2v) is 6.29. The van der Waals surface area contributed by atoms with Crippen molar-refractivity contribution in [2.75, 3.05) is 13.2 Å². The number of carbonyl (C=O) groups excluding carboxylic acids is 1. The number of nitrogens with zero attached hydrogens (tertiary/aromatic N) is 2. The van der Waals surface area contributed by atoms with Crippen LogP contribution in [0.5, 0.6) is 0 Å². The Morgan fingerprint density at radius 1 is 1.30 bits per heavy atom. The highest BCUT2D eigenvalue weighted by molar-refractivity contribution is 5.73. The molecule has 23 heavy (non-hydrogen) atoms. The smallest absolute Gasteiger partial charge is 0.315 e. The Morgan fingerprint density at radius 2 is 2.13 bits per heavy atom. The van der Waals surface area contributed by atoms with Crippen LogP contribution >= 0.6 is 0 Å². The van der Waals surface area contributed by atoms with E-state index in [9.17, 15) is 4.79 Å². The van der Waals surface area contributed by atoms with Gasteiger partial charge in [-0.25, -0.2) is 9.48 Å². The Balaban J connectivity index is 1.84. The first-order valence-corrected chi connectivity index (χ1v) is 7.72. The van der Waals surface area contributed by atoms with Gasteiger partial charge in [0, 0.05) is 32.1 Å². The first-order valence-electron chi connectivity index (χ1n) is 7.72. The normalized spacial score (nSPS) is 11.3. The van der Waals surface area contributed by atoms with Crippen LogP contribution in [-0.2, 0) is 6.54 Å². The second-order valence-electron chi connectivity index (χ2n) is 6.29. The molecule has 0 unspecified atom stereocenters. The van der Waals surface area contributed by atoms with Crippen molar-refractivity contribution < 1.29 is 9.90 Å². The average Bonchev–Trinajstić information content (AvgIpc) is 3.06. The summed E-state index contributed by atoms with van der Waals surface area (Å²) >= 11 is 0. The Hall–Kier alpha value is -2.34. The summed E-state index contributed by atoms with van der Waals surface area (Å²) in [6.07, 6.45) is 4.26. The summed E-state index contributed by atoms with van der Waals surface area (Å²) in [5.74, 6) is 0. The van der Waals surface area contributed by atoms with Crippen molar-refractivity contribution in [1.82, 2.24) is 20.4 Å². The molecule has 0 spiro atoms. The molecule has 1 aromatic carbocycles. The van der Waals surface area contributed by atoms with E-state index in [-0.39, 0.29) is 18.1 Å². The maximum absolute atomic E-state index is 11.9. The number of nitrogens with one attached hydrogen (secondary N) is 2. The van der Waals surface area contributed by atoms with E-state index in [1.54, 1.807) is 10.9 Å². The van der Waals surface area contributed by atoms with Gasteiger partial charge in [0.1, 0.15) is 0 Å². The third-order valence-corrected chi connectivity index (χ3v) is 3.65. The van der Waals surface area contributed by atoms with Gasteiger partial charge in [0.15, 0.2) is 0 Å². The van der Waals surface area contributed by atoms with Crippen molar-refractivity contribution in [1.29, 1.82) is 0 Å². The molecule has 0 bridgehead atoms. The molecule has 0 radical (unpaired) electrons. The molecule has 3 N–H and O–H groups in total. The van der Waals surface area contributed by atoms with Crippen LogP contribution in [0, 0.1) is 5.41 Å². The molecule has 0 aliphatic rings. The van der Waals surface area contributed by atoms with E-state index < -0.39 is 0 Å². The topological polar surface area (TPSA) is 79.2 Å². The van der Waals surface area contributed by atoms with Crippen LogP contribution in [0.15, 0.2) is 42.7 Å².